The van der Waals surface area contributed by atoms with E-state index in [1.165, 1.54) is 5.56 Å². The van der Waals surface area contributed by atoms with Crippen LogP contribution in [0.25, 0.3) is 0 Å². The summed E-state index contributed by atoms with van der Waals surface area (Å²) in [6.45, 7) is 11.7. The molecule has 0 aromatic heterocycles. The molecule has 24 heavy (non-hydrogen) atoms. The molecule has 0 atom stereocenters. The van der Waals surface area contributed by atoms with Crippen LogP contribution in [0.4, 0.5) is 0 Å². The van der Waals surface area contributed by atoms with E-state index < -0.39 is 0 Å². The van der Waals surface area contributed by atoms with Gasteiger partial charge in [-0.25, -0.2) is 4.99 Å². The average molecular weight is 335 g/mol. The summed E-state index contributed by atoms with van der Waals surface area (Å²) in [5.41, 5.74) is 1.16. The molecule has 1 aromatic rings. The zero-order valence-corrected chi connectivity index (χ0v) is 16.1. The fourth-order valence-corrected chi connectivity index (χ4v) is 2.09. The molecule has 0 saturated heterocycles. The van der Waals surface area contributed by atoms with Gasteiger partial charge >= 0.3 is 0 Å². The Morgan fingerprint density at radius 2 is 1.83 bits per heavy atom. The molecule has 1 rings (SSSR count). The van der Waals surface area contributed by atoms with Gasteiger partial charge in [-0.1, -0.05) is 12.1 Å². The van der Waals surface area contributed by atoms with Crippen LogP contribution in [0.3, 0.4) is 0 Å². The van der Waals surface area contributed by atoms with Crippen LogP contribution in [0.5, 0.6) is 5.75 Å². The minimum atomic E-state index is -0.00867. The van der Waals surface area contributed by atoms with Gasteiger partial charge in [0, 0.05) is 18.6 Å². The Bertz CT molecular complexity index is 489. The van der Waals surface area contributed by atoms with E-state index in [-0.39, 0.29) is 5.54 Å². The SMILES string of the molecule is CCNC(=NCc1ccc(OCCCN(C)C)cc1)NC(C)(C)C. The molecule has 0 fully saturated rings. The monoisotopic (exact) mass is 334 g/mol. The van der Waals surface area contributed by atoms with E-state index in [0.29, 0.717) is 6.54 Å². The minimum Gasteiger partial charge on any atom is -0.494 e. The van der Waals surface area contributed by atoms with Gasteiger partial charge in [-0.05, 0) is 65.9 Å². The zero-order valence-electron chi connectivity index (χ0n) is 16.1. The van der Waals surface area contributed by atoms with E-state index >= 15 is 0 Å². The number of ether oxygens (including phenoxy) is 1. The Labute approximate surface area is 147 Å². The maximum absolute atomic E-state index is 5.75. The van der Waals surface area contributed by atoms with E-state index in [9.17, 15) is 0 Å². The molecule has 2 N–H and O–H groups in total. The van der Waals surface area contributed by atoms with Crippen LogP contribution in [0.2, 0.25) is 0 Å². The molecule has 0 radical (unpaired) electrons. The maximum Gasteiger partial charge on any atom is 0.191 e. The fraction of sp³-hybridized carbons (Fsp3) is 0.632. The highest BCUT2D eigenvalue weighted by atomic mass is 16.5. The smallest absolute Gasteiger partial charge is 0.191 e. The summed E-state index contributed by atoms with van der Waals surface area (Å²) in [7, 11) is 4.15. The van der Waals surface area contributed by atoms with Crippen molar-refractivity contribution < 1.29 is 4.74 Å². The largest absolute Gasteiger partial charge is 0.494 e. The van der Waals surface area contributed by atoms with Gasteiger partial charge in [0.1, 0.15) is 5.75 Å². The van der Waals surface area contributed by atoms with Crippen molar-refractivity contribution in [2.75, 3.05) is 33.8 Å². The molecule has 0 unspecified atom stereocenters. The Kier molecular flexibility index (Phi) is 8.61. The molecule has 0 saturated carbocycles. The number of aliphatic imine (C=N–C) groups is 1. The number of hydrogen-bond acceptors (Lipinski definition) is 3. The highest BCUT2D eigenvalue weighted by Crippen LogP contribution is 2.13. The lowest BCUT2D eigenvalue weighted by atomic mass is 10.1. The first kappa shape index (κ1) is 20.3. The van der Waals surface area contributed by atoms with E-state index in [1.54, 1.807) is 0 Å². The van der Waals surface area contributed by atoms with E-state index in [2.05, 4.69) is 74.4 Å². The quantitative estimate of drug-likeness (QED) is 0.436. The Morgan fingerprint density at radius 1 is 1.17 bits per heavy atom. The first-order valence-electron chi connectivity index (χ1n) is 8.73. The second-order valence-corrected chi connectivity index (χ2v) is 7.22. The number of rotatable bonds is 8. The Balaban J connectivity index is 2.51. The van der Waals surface area contributed by atoms with Gasteiger partial charge in [0.15, 0.2) is 5.96 Å². The van der Waals surface area contributed by atoms with E-state index in [0.717, 1.165) is 37.8 Å². The van der Waals surface area contributed by atoms with Crippen molar-refractivity contribution in [3.63, 3.8) is 0 Å². The van der Waals surface area contributed by atoms with Gasteiger partial charge < -0.3 is 20.3 Å². The van der Waals surface area contributed by atoms with Gasteiger partial charge in [-0.15, -0.1) is 0 Å². The molecule has 0 spiro atoms. The lowest BCUT2D eigenvalue weighted by Crippen LogP contribution is -2.47. The third kappa shape index (κ3) is 9.40. The predicted molar refractivity (Wildman–Crippen MR) is 103 cm³/mol. The average Bonchev–Trinajstić information content (AvgIpc) is 2.49. The van der Waals surface area contributed by atoms with Crippen molar-refractivity contribution in [1.82, 2.24) is 15.5 Å². The minimum absolute atomic E-state index is 0.00867. The Hall–Kier alpha value is -1.75. The molecule has 5 nitrogen and oxygen atoms in total. The lowest BCUT2D eigenvalue weighted by molar-refractivity contribution is 0.281. The zero-order chi connectivity index (χ0) is 18.0. The molecular formula is C19H34N4O. The van der Waals surface area contributed by atoms with Crippen molar-refractivity contribution in [3.05, 3.63) is 29.8 Å². The number of nitrogens with zero attached hydrogens (tertiary/aromatic N) is 2. The van der Waals surface area contributed by atoms with Crippen molar-refractivity contribution in [2.45, 2.75) is 46.2 Å². The molecule has 5 heteroatoms. The van der Waals surface area contributed by atoms with Crippen molar-refractivity contribution in [3.8, 4) is 5.75 Å². The summed E-state index contributed by atoms with van der Waals surface area (Å²) < 4.78 is 5.75. The third-order valence-corrected chi connectivity index (χ3v) is 3.20. The van der Waals surface area contributed by atoms with Crippen molar-refractivity contribution >= 4 is 5.96 Å². The highest BCUT2D eigenvalue weighted by Gasteiger charge is 2.11. The van der Waals surface area contributed by atoms with Crippen molar-refractivity contribution in [1.29, 1.82) is 0 Å². The van der Waals surface area contributed by atoms with Crippen LogP contribution in [0.15, 0.2) is 29.3 Å². The van der Waals surface area contributed by atoms with Crippen LogP contribution in [-0.4, -0.2) is 50.2 Å². The van der Waals surface area contributed by atoms with Crippen LogP contribution in [0, 0.1) is 0 Å². The summed E-state index contributed by atoms with van der Waals surface area (Å²) in [4.78, 5) is 6.81. The van der Waals surface area contributed by atoms with Gasteiger partial charge in [0.05, 0.1) is 13.2 Å². The molecule has 0 bridgehead atoms. The van der Waals surface area contributed by atoms with Crippen LogP contribution >= 0.6 is 0 Å². The molecule has 0 heterocycles. The number of benzene rings is 1. The van der Waals surface area contributed by atoms with Crippen LogP contribution in [-0.2, 0) is 6.54 Å². The molecule has 0 aliphatic rings. The first-order chi connectivity index (χ1) is 11.3. The van der Waals surface area contributed by atoms with Gasteiger partial charge in [-0.3, -0.25) is 0 Å². The molecule has 1 aromatic carbocycles. The molecule has 136 valence electrons. The second-order valence-electron chi connectivity index (χ2n) is 7.22. The van der Waals surface area contributed by atoms with Gasteiger partial charge in [0.2, 0.25) is 0 Å². The van der Waals surface area contributed by atoms with Crippen LogP contribution in [0.1, 0.15) is 39.7 Å². The first-order valence-corrected chi connectivity index (χ1v) is 8.73. The standard InChI is InChI=1S/C19H34N4O/c1-7-20-18(22-19(2,3)4)21-15-16-9-11-17(12-10-16)24-14-8-13-23(5)6/h9-12H,7-8,13-15H2,1-6H3,(H2,20,21,22). The normalized spacial score (nSPS) is 12.4. The highest BCUT2D eigenvalue weighted by molar-refractivity contribution is 5.80. The van der Waals surface area contributed by atoms with Crippen molar-refractivity contribution in [2.24, 2.45) is 4.99 Å². The molecule has 0 aliphatic carbocycles. The summed E-state index contributed by atoms with van der Waals surface area (Å²) in [6, 6.07) is 8.19. The number of guanidine groups is 1. The van der Waals surface area contributed by atoms with Gasteiger partial charge in [-0.2, -0.15) is 0 Å². The number of hydrogen-bond donors (Lipinski definition) is 2. The topological polar surface area (TPSA) is 48.9 Å². The third-order valence-electron chi connectivity index (χ3n) is 3.20. The maximum atomic E-state index is 5.75. The fourth-order valence-electron chi connectivity index (χ4n) is 2.09. The molecule has 0 aliphatic heterocycles. The lowest BCUT2D eigenvalue weighted by Gasteiger charge is -2.23. The number of nitrogens with one attached hydrogen (secondary N) is 2. The Morgan fingerprint density at radius 3 is 2.38 bits per heavy atom. The summed E-state index contributed by atoms with van der Waals surface area (Å²) in [5.74, 6) is 1.76. The summed E-state index contributed by atoms with van der Waals surface area (Å²) in [6.07, 6.45) is 1.03. The predicted octanol–water partition coefficient (Wildman–Crippen LogP) is 2.87. The van der Waals surface area contributed by atoms with E-state index in [1.807, 2.05) is 12.1 Å². The van der Waals surface area contributed by atoms with Crippen LogP contribution < -0.4 is 15.4 Å². The summed E-state index contributed by atoms with van der Waals surface area (Å²) >= 11 is 0. The molecule has 0 amide bonds. The van der Waals surface area contributed by atoms with Gasteiger partial charge in [0.25, 0.3) is 0 Å². The molecular weight excluding hydrogens is 300 g/mol. The summed E-state index contributed by atoms with van der Waals surface area (Å²) in [5, 5.41) is 6.67. The second kappa shape index (κ2) is 10.2. The van der Waals surface area contributed by atoms with E-state index in [4.69, 9.17) is 4.74 Å².